The van der Waals surface area contributed by atoms with Crippen molar-refractivity contribution in [2.75, 3.05) is 13.6 Å². The topological polar surface area (TPSA) is 41.6 Å². The summed E-state index contributed by atoms with van der Waals surface area (Å²) in [6.45, 7) is 3.05. The van der Waals surface area contributed by atoms with Crippen LogP contribution in [-0.4, -0.2) is 30.5 Å². The van der Waals surface area contributed by atoms with Crippen molar-refractivity contribution in [3.8, 4) is 0 Å². The van der Waals surface area contributed by atoms with E-state index in [1.54, 1.807) is 0 Å². The van der Waals surface area contributed by atoms with Crippen molar-refractivity contribution in [1.29, 1.82) is 0 Å². The second-order valence-electron chi connectivity index (χ2n) is 4.93. The molecule has 17 heavy (non-hydrogen) atoms. The third kappa shape index (κ3) is 3.73. The minimum atomic E-state index is 0.555. The van der Waals surface area contributed by atoms with Crippen LogP contribution < -0.4 is 5.73 Å². The van der Waals surface area contributed by atoms with Crippen molar-refractivity contribution >= 4 is 17.3 Å². The molecule has 3 nitrogen and oxygen atoms in total. The van der Waals surface area contributed by atoms with E-state index in [9.17, 15) is 0 Å². The number of thiophene rings is 1. The SMILES string of the molecule is CC(CN=C(N)N(C)C1CC1)Cc1cccs1. The number of hydrogen-bond acceptors (Lipinski definition) is 2. The van der Waals surface area contributed by atoms with E-state index in [4.69, 9.17) is 5.73 Å². The van der Waals surface area contributed by atoms with Crippen LogP contribution in [0.5, 0.6) is 0 Å². The van der Waals surface area contributed by atoms with Crippen LogP contribution in [0.25, 0.3) is 0 Å². The summed E-state index contributed by atoms with van der Waals surface area (Å²) in [6, 6.07) is 4.93. The molecule has 1 aromatic heterocycles. The maximum Gasteiger partial charge on any atom is 0.191 e. The molecule has 0 saturated heterocycles. The molecule has 1 aromatic rings. The molecule has 4 heteroatoms. The second-order valence-corrected chi connectivity index (χ2v) is 5.96. The van der Waals surface area contributed by atoms with Crippen molar-refractivity contribution in [1.82, 2.24) is 4.90 Å². The van der Waals surface area contributed by atoms with Crippen molar-refractivity contribution < 1.29 is 0 Å². The first kappa shape index (κ1) is 12.4. The smallest absolute Gasteiger partial charge is 0.191 e. The van der Waals surface area contributed by atoms with Gasteiger partial charge in [0.2, 0.25) is 0 Å². The highest BCUT2D eigenvalue weighted by Crippen LogP contribution is 2.25. The lowest BCUT2D eigenvalue weighted by Gasteiger charge is -2.17. The predicted molar refractivity (Wildman–Crippen MR) is 74.5 cm³/mol. The fourth-order valence-electron chi connectivity index (χ4n) is 1.85. The van der Waals surface area contributed by atoms with Crippen molar-refractivity contribution in [2.24, 2.45) is 16.6 Å². The van der Waals surface area contributed by atoms with E-state index in [2.05, 4.69) is 34.3 Å². The van der Waals surface area contributed by atoms with Crippen LogP contribution in [0.3, 0.4) is 0 Å². The summed E-state index contributed by atoms with van der Waals surface area (Å²) in [7, 11) is 2.04. The van der Waals surface area contributed by atoms with E-state index in [1.807, 2.05) is 18.4 Å². The lowest BCUT2D eigenvalue weighted by Crippen LogP contribution is -2.36. The molecular weight excluding hydrogens is 230 g/mol. The van der Waals surface area contributed by atoms with Crippen LogP contribution in [0, 0.1) is 5.92 Å². The normalized spacial score (nSPS) is 18.1. The molecule has 1 atom stereocenters. The Balaban J connectivity index is 1.78. The summed E-state index contributed by atoms with van der Waals surface area (Å²) in [4.78, 5) is 8.03. The maximum absolute atomic E-state index is 5.96. The zero-order valence-electron chi connectivity index (χ0n) is 10.6. The van der Waals surface area contributed by atoms with E-state index >= 15 is 0 Å². The van der Waals surface area contributed by atoms with Gasteiger partial charge in [0, 0.05) is 24.5 Å². The summed E-state index contributed by atoms with van der Waals surface area (Å²) in [5, 5.41) is 2.13. The molecule has 1 aliphatic rings. The monoisotopic (exact) mass is 251 g/mol. The average molecular weight is 251 g/mol. The Morgan fingerprint density at radius 3 is 3.00 bits per heavy atom. The van der Waals surface area contributed by atoms with Gasteiger partial charge in [-0.15, -0.1) is 11.3 Å². The highest BCUT2D eigenvalue weighted by atomic mass is 32.1. The molecule has 0 aliphatic heterocycles. The van der Waals surface area contributed by atoms with Gasteiger partial charge in [0.15, 0.2) is 5.96 Å². The molecule has 2 N–H and O–H groups in total. The molecule has 1 heterocycles. The Labute approximate surface area is 107 Å². The zero-order chi connectivity index (χ0) is 12.3. The largest absolute Gasteiger partial charge is 0.370 e. The molecule has 1 fully saturated rings. The molecule has 94 valence electrons. The molecule has 2 rings (SSSR count). The third-order valence-electron chi connectivity index (χ3n) is 3.15. The molecule has 1 saturated carbocycles. The van der Waals surface area contributed by atoms with E-state index in [-0.39, 0.29) is 0 Å². The number of nitrogens with two attached hydrogens (primary N) is 1. The van der Waals surface area contributed by atoms with Gasteiger partial charge in [-0.25, -0.2) is 0 Å². The quantitative estimate of drug-likeness (QED) is 0.644. The summed E-state index contributed by atoms with van der Waals surface area (Å²) < 4.78 is 0. The predicted octanol–water partition coefficient (Wildman–Crippen LogP) is 2.34. The minimum absolute atomic E-state index is 0.555. The summed E-state index contributed by atoms with van der Waals surface area (Å²) in [6.07, 6.45) is 3.62. The minimum Gasteiger partial charge on any atom is -0.370 e. The lowest BCUT2D eigenvalue weighted by atomic mass is 10.1. The Bertz CT molecular complexity index is 368. The molecule has 0 radical (unpaired) electrons. The number of rotatable bonds is 5. The summed E-state index contributed by atoms with van der Waals surface area (Å²) in [5.74, 6) is 1.25. The van der Waals surface area contributed by atoms with Crippen LogP contribution in [0.1, 0.15) is 24.6 Å². The van der Waals surface area contributed by atoms with Crippen molar-refractivity contribution in [2.45, 2.75) is 32.2 Å². The van der Waals surface area contributed by atoms with E-state index in [1.165, 1.54) is 17.7 Å². The van der Waals surface area contributed by atoms with Gasteiger partial charge < -0.3 is 10.6 Å². The van der Waals surface area contributed by atoms with Gasteiger partial charge in [-0.2, -0.15) is 0 Å². The van der Waals surface area contributed by atoms with Crippen LogP contribution in [0.15, 0.2) is 22.5 Å². The van der Waals surface area contributed by atoms with E-state index in [0.29, 0.717) is 17.9 Å². The van der Waals surface area contributed by atoms with Gasteiger partial charge in [-0.05, 0) is 36.6 Å². The third-order valence-corrected chi connectivity index (χ3v) is 4.05. The Morgan fingerprint density at radius 1 is 1.65 bits per heavy atom. The van der Waals surface area contributed by atoms with Gasteiger partial charge in [0.05, 0.1) is 0 Å². The Morgan fingerprint density at radius 2 is 2.41 bits per heavy atom. The first-order valence-corrected chi connectivity index (χ1v) is 7.10. The highest BCUT2D eigenvalue weighted by molar-refractivity contribution is 7.09. The first-order valence-electron chi connectivity index (χ1n) is 6.22. The molecule has 1 aliphatic carbocycles. The van der Waals surface area contributed by atoms with Gasteiger partial charge in [-0.3, -0.25) is 4.99 Å². The highest BCUT2D eigenvalue weighted by Gasteiger charge is 2.27. The fraction of sp³-hybridized carbons (Fsp3) is 0.615. The van der Waals surface area contributed by atoms with Crippen LogP contribution in [0.2, 0.25) is 0 Å². The molecule has 0 bridgehead atoms. The van der Waals surface area contributed by atoms with Crippen molar-refractivity contribution in [3.63, 3.8) is 0 Å². The average Bonchev–Trinajstić information content (AvgIpc) is 3.05. The molecule has 0 amide bonds. The number of aliphatic imine (C=N–C) groups is 1. The van der Waals surface area contributed by atoms with Crippen LogP contribution in [0.4, 0.5) is 0 Å². The standard InChI is InChI=1S/C13H21N3S/c1-10(8-12-4-3-7-17-12)9-15-13(14)16(2)11-5-6-11/h3-4,7,10-11H,5-6,8-9H2,1-2H3,(H2,14,15). The summed E-state index contributed by atoms with van der Waals surface area (Å²) in [5.41, 5.74) is 5.96. The molecular formula is C13H21N3S. The zero-order valence-corrected chi connectivity index (χ0v) is 11.4. The molecule has 0 spiro atoms. The Kier molecular flexibility index (Phi) is 4.05. The number of hydrogen-bond donors (Lipinski definition) is 1. The molecule has 0 aromatic carbocycles. The van der Waals surface area contributed by atoms with Gasteiger partial charge >= 0.3 is 0 Å². The lowest BCUT2D eigenvalue weighted by molar-refractivity contribution is 0.482. The summed E-state index contributed by atoms with van der Waals surface area (Å²) >= 11 is 1.82. The number of guanidine groups is 1. The van der Waals surface area contributed by atoms with Gasteiger partial charge in [-0.1, -0.05) is 13.0 Å². The fourth-order valence-corrected chi connectivity index (χ4v) is 2.72. The van der Waals surface area contributed by atoms with Crippen molar-refractivity contribution in [3.05, 3.63) is 22.4 Å². The number of nitrogens with zero attached hydrogens (tertiary/aromatic N) is 2. The van der Waals surface area contributed by atoms with Crippen LogP contribution in [-0.2, 0) is 6.42 Å². The van der Waals surface area contributed by atoms with Gasteiger partial charge in [0.1, 0.15) is 0 Å². The first-order chi connectivity index (χ1) is 8.16. The van der Waals surface area contributed by atoms with Gasteiger partial charge in [0.25, 0.3) is 0 Å². The molecule has 1 unspecified atom stereocenters. The maximum atomic E-state index is 5.96. The Hall–Kier alpha value is -1.03. The van der Waals surface area contributed by atoms with E-state index in [0.717, 1.165) is 13.0 Å². The second kappa shape index (κ2) is 5.54. The van der Waals surface area contributed by atoms with E-state index < -0.39 is 0 Å². The van der Waals surface area contributed by atoms with Crippen LogP contribution >= 0.6 is 11.3 Å².